The second-order valence-corrected chi connectivity index (χ2v) is 2.98. The molecule has 0 radical (unpaired) electrons. The molecule has 1 aromatic rings. The maximum absolute atomic E-state index is 8.57. The van der Waals surface area contributed by atoms with Gasteiger partial charge in [0.05, 0.1) is 5.56 Å². The molecule has 0 spiro atoms. The van der Waals surface area contributed by atoms with Gasteiger partial charge in [-0.15, -0.1) is 12.4 Å². The summed E-state index contributed by atoms with van der Waals surface area (Å²) in [6, 6.07) is 7.53. The van der Waals surface area contributed by atoms with Crippen molar-refractivity contribution in [2.75, 3.05) is 0 Å². The third-order valence-corrected chi connectivity index (χ3v) is 2.05. The lowest BCUT2D eigenvalue weighted by atomic mass is 10.1. The molecule has 4 heteroatoms. The standard InChI is InChI=1S/C8H7BrN2.ClH/c9-8-3-6(4-10)1-2-7(8)5-11;/h1-3H,4,10H2;1H. The van der Waals surface area contributed by atoms with Crippen LogP contribution in [0.2, 0.25) is 0 Å². The van der Waals surface area contributed by atoms with Crippen molar-refractivity contribution < 1.29 is 0 Å². The molecule has 12 heavy (non-hydrogen) atoms. The summed E-state index contributed by atoms with van der Waals surface area (Å²) in [7, 11) is 0. The fraction of sp³-hybridized carbons (Fsp3) is 0.125. The highest BCUT2D eigenvalue weighted by Gasteiger charge is 1.97. The fourth-order valence-electron chi connectivity index (χ4n) is 0.776. The van der Waals surface area contributed by atoms with Gasteiger partial charge >= 0.3 is 0 Å². The summed E-state index contributed by atoms with van der Waals surface area (Å²) in [6.45, 7) is 0.504. The Bertz CT molecular complexity index is 306. The Hall–Kier alpha value is -0.560. The van der Waals surface area contributed by atoms with Crippen LogP contribution < -0.4 is 5.73 Å². The summed E-state index contributed by atoms with van der Waals surface area (Å²) in [6.07, 6.45) is 0. The molecule has 0 amide bonds. The molecule has 0 heterocycles. The SMILES string of the molecule is Cl.N#Cc1ccc(CN)cc1Br. The van der Waals surface area contributed by atoms with Crippen LogP contribution in [0.25, 0.3) is 0 Å². The number of rotatable bonds is 1. The maximum Gasteiger partial charge on any atom is 0.100 e. The number of hydrogen-bond acceptors (Lipinski definition) is 2. The number of nitrogens with two attached hydrogens (primary N) is 1. The molecule has 0 aliphatic carbocycles. The molecule has 64 valence electrons. The van der Waals surface area contributed by atoms with Crippen molar-refractivity contribution in [3.8, 4) is 6.07 Å². The van der Waals surface area contributed by atoms with Crippen molar-refractivity contribution in [3.63, 3.8) is 0 Å². The van der Waals surface area contributed by atoms with E-state index in [0.717, 1.165) is 10.0 Å². The van der Waals surface area contributed by atoms with Gasteiger partial charge in [0, 0.05) is 11.0 Å². The van der Waals surface area contributed by atoms with Gasteiger partial charge in [0.2, 0.25) is 0 Å². The molecule has 0 aliphatic heterocycles. The zero-order chi connectivity index (χ0) is 8.27. The van der Waals surface area contributed by atoms with E-state index in [1.165, 1.54) is 0 Å². The van der Waals surface area contributed by atoms with Crippen LogP contribution in [0.3, 0.4) is 0 Å². The van der Waals surface area contributed by atoms with Crippen LogP contribution in [0.1, 0.15) is 11.1 Å². The number of nitriles is 1. The topological polar surface area (TPSA) is 49.8 Å². The van der Waals surface area contributed by atoms with E-state index in [1.807, 2.05) is 12.1 Å². The quantitative estimate of drug-likeness (QED) is 0.827. The van der Waals surface area contributed by atoms with E-state index in [4.69, 9.17) is 11.0 Å². The third kappa shape index (κ3) is 2.49. The zero-order valence-electron chi connectivity index (χ0n) is 6.25. The average Bonchev–Trinajstić information content (AvgIpc) is 2.04. The molecule has 0 fully saturated rings. The van der Waals surface area contributed by atoms with Crippen LogP contribution in [-0.4, -0.2) is 0 Å². The van der Waals surface area contributed by atoms with Crippen molar-refractivity contribution in [1.82, 2.24) is 0 Å². The Labute approximate surface area is 85.9 Å². The minimum absolute atomic E-state index is 0. The van der Waals surface area contributed by atoms with Crippen LogP contribution in [0, 0.1) is 11.3 Å². The highest BCUT2D eigenvalue weighted by atomic mass is 79.9. The monoisotopic (exact) mass is 246 g/mol. The third-order valence-electron chi connectivity index (χ3n) is 1.39. The van der Waals surface area contributed by atoms with Crippen molar-refractivity contribution in [2.24, 2.45) is 5.73 Å². The van der Waals surface area contributed by atoms with Crippen molar-refractivity contribution in [3.05, 3.63) is 33.8 Å². The van der Waals surface area contributed by atoms with Gasteiger partial charge in [-0.25, -0.2) is 0 Å². The van der Waals surface area contributed by atoms with E-state index >= 15 is 0 Å². The van der Waals surface area contributed by atoms with Crippen molar-refractivity contribution >= 4 is 28.3 Å². The van der Waals surface area contributed by atoms with E-state index in [0.29, 0.717) is 12.1 Å². The first-order chi connectivity index (χ1) is 5.27. The predicted octanol–water partition coefficient (Wildman–Crippen LogP) is 2.20. The number of halogens is 2. The average molecular weight is 248 g/mol. The highest BCUT2D eigenvalue weighted by Crippen LogP contribution is 2.17. The van der Waals surface area contributed by atoms with Crippen LogP contribution in [0.5, 0.6) is 0 Å². The summed E-state index contributed by atoms with van der Waals surface area (Å²) < 4.78 is 0.808. The molecule has 0 aliphatic rings. The molecule has 1 aromatic carbocycles. The first kappa shape index (κ1) is 11.4. The molecule has 0 saturated heterocycles. The van der Waals surface area contributed by atoms with Gasteiger partial charge in [-0.3, -0.25) is 0 Å². The van der Waals surface area contributed by atoms with Gasteiger partial charge in [-0.2, -0.15) is 5.26 Å². The normalized spacial score (nSPS) is 8.42. The second kappa shape index (κ2) is 5.15. The van der Waals surface area contributed by atoms with Gasteiger partial charge in [-0.05, 0) is 33.6 Å². The zero-order valence-corrected chi connectivity index (χ0v) is 8.65. The molecule has 0 aromatic heterocycles. The number of hydrogen-bond donors (Lipinski definition) is 1. The first-order valence-corrected chi connectivity index (χ1v) is 3.96. The molecule has 0 bridgehead atoms. The number of nitrogens with zero attached hydrogens (tertiary/aromatic N) is 1. The lowest BCUT2D eigenvalue weighted by Gasteiger charge is -1.97. The summed E-state index contributed by atoms with van der Waals surface area (Å²) >= 11 is 3.27. The second-order valence-electron chi connectivity index (χ2n) is 2.13. The molecular formula is C8H8BrClN2. The lowest BCUT2D eigenvalue weighted by molar-refractivity contribution is 1.07. The number of benzene rings is 1. The summed E-state index contributed by atoms with van der Waals surface area (Å²) in [4.78, 5) is 0. The van der Waals surface area contributed by atoms with Gasteiger partial charge in [0.15, 0.2) is 0 Å². The summed E-state index contributed by atoms with van der Waals surface area (Å²) in [5.41, 5.74) is 7.07. The highest BCUT2D eigenvalue weighted by molar-refractivity contribution is 9.10. The molecule has 0 atom stereocenters. The molecule has 0 unspecified atom stereocenters. The van der Waals surface area contributed by atoms with Crippen LogP contribution in [-0.2, 0) is 6.54 Å². The van der Waals surface area contributed by atoms with Gasteiger partial charge < -0.3 is 5.73 Å². The molecule has 0 saturated carbocycles. The summed E-state index contributed by atoms with van der Waals surface area (Å²) in [5.74, 6) is 0. The van der Waals surface area contributed by atoms with Crippen molar-refractivity contribution in [1.29, 1.82) is 5.26 Å². The first-order valence-electron chi connectivity index (χ1n) is 3.16. The van der Waals surface area contributed by atoms with E-state index in [9.17, 15) is 0 Å². The van der Waals surface area contributed by atoms with E-state index in [-0.39, 0.29) is 12.4 Å². The fourth-order valence-corrected chi connectivity index (χ4v) is 1.29. The molecule has 2 nitrogen and oxygen atoms in total. The largest absolute Gasteiger partial charge is 0.326 e. The minimum Gasteiger partial charge on any atom is -0.326 e. The Morgan fingerprint density at radius 3 is 2.58 bits per heavy atom. The van der Waals surface area contributed by atoms with E-state index in [2.05, 4.69) is 22.0 Å². The van der Waals surface area contributed by atoms with Gasteiger partial charge in [0.25, 0.3) is 0 Å². The van der Waals surface area contributed by atoms with Crippen LogP contribution >= 0.6 is 28.3 Å². The minimum atomic E-state index is 0. The Morgan fingerprint density at radius 2 is 2.17 bits per heavy atom. The maximum atomic E-state index is 8.57. The Balaban J connectivity index is 0.00000121. The summed E-state index contributed by atoms with van der Waals surface area (Å²) in [5, 5.41) is 8.57. The lowest BCUT2D eigenvalue weighted by Crippen LogP contribution is -1.95. The van der Waals surface area contributed by atoms with Gasteiger partial charge in [-0.1, -0.05) is 6.07 Å². The Morgan fingerprint density at radius 1 is 1.50 bits per heavy atom. The Kier molecular flexibility index (Phi) is 4.91. The van der Waals surface area contributed by atoms with Crippen LogP contribution in [0.15, 0.2) is 22.7 Å². The van der Waals surface area contributed by atoms with Crippen LogP contribution in [0.4, 0.5) is 0 Å². The molecule has 2 N–H and O–H groups in total. The molecular weight excluding hydrogens is 239 g/mol. The molecule has 1 rings (SSSR count). The smallest absolute Gasteiger partial charge is 0.100 e. The van der Waals surface area contributed by atoms with E-state index < -0.39 is 0 Å². The predicted molar refractivity (Wildman–Crippen MR) is 54.0 cm³/mol. The van der Waals surface area contributed by atoms with E-state index in [1.54, 1.807) is 6.07 Å². The van der Waals surface area contributed by atoms with Crippen molar-refractivity contribution in [2.45, 2.75) is 6.54 Å². The van der Waals surface area contributed by atoms with Gasteiger partial charge in [0.1, 0.15) is 6.07 Å².